The number of nitrogens with zero attached hydrogens (tertiary/aromatic N) is 1. The first kappa shape index (κ1) is 18.2. The summed E-state index contributed by atoms with van der Waals surface area (Å²) in [5.41, 5.74) is 4.45. The molecule has 1 aliphatic rings. The lowest BCUT2D eigenvalue weighted by Crippen LogP contribution is -2.46. The van der Waals surface area contributed by atoms with E-state index in [0.717, 1.165) is 39.0 Å². The van der Waals surface area contributed by atoms with E-state index < -0.39 is 5.60 Å². The van der Waals surface area contributed by atoms with E-state index in [2.05, 4.69) is 12.2 Å². The number of amides is 1. The highest BCUT2D eigenvalue weighted by atomic mass is 16.6. The number of hydrogen-bond acceptors (Lipinski definition) is 4. The van der Waals surface area contributed by atoms with Crippen LogP contribution in [0, 0.1) is 0 Å². The molecule has 5 nitrogen and oxygen atoms in total. The van der Waals surface area contributed by atoms with Crippen LogP contribution in [0.1, 0.15) is 47.5 Å². The SMILES string of the molecule is CCN.CCNC1CCN(C(=O)OC(C)(C)C)CC1. The van der Waals surface area contributed by atoms with Crippen molar-refractivity contribution in [1.29, 1.82) is 0 Å². The summed E-state index contributed by atoms with van der Waals surface area (Å²) in [6.45, 7) is 13.1. The van der Waals surface area contributed by atoms with Gasteiger partial charge in [-0.25, -0.2) is 4.79 Å². The topological polar surface area (TPSA) is 67.6 Å². The molecule has 19 heavy (non-hydrogen) atoms. The molecule has 5 heteroatoms. The Morgan fingerprint density at radius 2 is 1.79 bits per heavy atom. The Labute approximate surface area is 117 Å². The number of ether oxygens (including phenoxy) is 1. The van der Waals surface area contributed by atoms with Crippen LogP contribution < -0.4 is 11.1 Å². The van der Waals surface area contributed by atoms with E-state index in [0.29, 0.717) is 6.04 Å². The number of likely N-dealkylation sites (tertiary alicyclic amines) is 1. The minimum absolute atomic E-state index is 0.178. The van der Waals surface area contributed by atoms with Crippen molar-refractivity contribution in [3.8, 4) is 0 Å². The predicted octanol–water partition coefficient (Wildman–Crippen LogP) is 1.96. The molecule has 1 heterocycles. The van der Waals surface area contributed by atoms with Crippen molar-refractivity contribution in [3.05, 3.63) is 0 Å². The van der Waals surface area contributed by atoms with Crippen molar-refractivity contribution in [1.82, 2.24) is 10.2 Å². The molecule has 1 rings (SSSR count). The average Bonchev–Trinajstić information content (AvgIpc) is 2.29. The summed E-state index contributed by atoms with van der Waals surface area (Å²) in [6, 6.07) is 0.559. The smallest absolute Gasteiger partial charge is 0.410 e. The van der Waals surface area contributed by atoms with Gasteiger partial charge < -0.3 is 20.7 Å². The second-order valence-electron chi connectivity index (χ2n) is 5.71. The molecule has 0 atom stereocenters. The first-order valence-corrected chi connectivity index (χ1v) is 7.25. The highest BCUT2D eigenvalue weighted by Gasteiger charge is 2.26. The van der Waals surface area contributed by atoms with Crippen LogP contribution in [0.15, 0.2) is 0 Å². The number of nitrogens with two attached hydrogens (primary N) is 1. The molecular formula is C14H31N3O2. The summed E-state index contributed by atoms with van der Waals surface area (Å²) < 4.78 is 5.34. The molecule has 0 radical (unpaired) electrons. The molecule has 0 aromatic carbocycles. The van der Waals surface area contributed by atoms with E-state index in [1.807, 2.05) is 27.7 Å². The van der Waals surface area contributed by atoms with Gasteiger partial charge in [-0.2, -0.15) is 0 Å². The van der Waals surface area contributed by atoms with Gasteiger partial charge in [0.1, 0.15) is 5.60 Å². The molecule has 1 aliphatic heterocycles. The lowest BCUT2D eigenvalue weighted by Gasteiger charge is -2.33. The van der Waals surface area contributed by atoms with Gasteiger partial charge in [0.05, 0.1) is 0 Å². The van der Waals surface area contributed by atoms with E-state index in [-0.39, 0.29) is 6.09 Å². The monoisotopic (exact) mass is 273 g/mol. The van der Waals surface area contributed by atoms with Gasteiger partial charge in [0, 0.05) is 19.1 Å². The first-order chi connectivity index (χ1) is 8.84. The maximum atomic E-state index is 11.8. The summed E-state index contributed by atoms with van der Waals surface area (Å²) in [4.78, 5) is 13.6. The van der Waals surface area contributed by atoms with Gasteiger partial charge in [-0.15, -0.1) is 0 Å². The second kappa shape index (κ2) is 9.15. The van der Waals surface area contributed by atoms with Gasteiger partial charge in [0.25, 0.3) is 0 Å². The van der Waals surface area contributed by atoms with E-state index in [9.17, 15) is 4.79 Å². The van der Waals surface area contributed by atoms with Crippen LogP contribution in [0.4, 0.5) is 4.79 Å². The highest BCUT2D eigenvalue weighted by molar-refractivity contribution is 5.68. The molecule has 0 spiro atoms. The van der Waals surface area contributed by atoms with Crippen molar-refractivity contribution in [2.75, 3.05) is 26.2 Å². The highest BCUT2D eigenvalue weighted by Crippen LogP contribution is 2.15. The number of nitrogens with one attached hydrogen (secondary N) is 1. The van der Waals surface area contributed by atoms with Crippen LogP contribution in [-0.4, -0.2) is 48.8 Å². The fourth-order valence-corrected chi connectivity index (χ4v) is 1.88. The zero-order valence-corrected chi connectivity index (χ0v) is 13.2. The Balaban J connectivity index is 0.000000982. The molecule has 0 bridgehead atoms. The summed E-state index contributed by atoms with van der Waals surface area (Å²) in [5.74, 6) is 0. The Bertz CT molecular complexity index is 244. The summed E-state index contributed by atoms with van der Waals surface area (Å²) in [6.07, 6.45) is 1.86. The third kappa shape index (κ3) is 8.83. The third-order valence-corrected chi connectivity index (χ3v) is 2.64. The third-order valence-electron chi connectivity index (χ3n) is 2.64. The fraction of sp³-hybridized carbons (Fsp3) is 0.929. The Morgan fingerprint density at radius 1 is 1.32 bits per heavy atom. The van der Waals surface area contributed by atoms with Crippen LogP contribution in [0.3, 0.4) is 0 Å². The largest absolute Gasteiger partial charge is 0.444 e. The average molecular weight is 273 g/mol. The maximum Gasteiger partial charge on any atom is 0.410 e. The Kier molecular flexibility index (Phi) is 8.76. The lowest BCUT2D eigenvalue weighted by molar-refractivity contribution is 0.0199. The van der Waals surface area contributed by atoms with Crippen molar-refractivity contribution in [2.45, 2.75) is 59.1 Å². The van der Waals surface area contributed by atoms with Crippen LogP contribution in [0.25, 0.3) is 0 Å². The van der Waals surface area contributed by atoms with Crippen molar-refractivity contribution < 1.29 is 9.53 Å². The van der Waals surface area contributed by atoms with Gasteiger partial charge in [-0.3, -0.25) is 0 Å². The molecule has 0 saturated carbocycles. The molecule has 114 valence electrons. The van der Waals surface area contributed by atoms with Crippen LogP contribution >= 0.6 is 0 Å². The van der Waals surface area contributed by atoms with Gasteiger partial charge in [-0.05, 0) is 46.7 Å². The van der Waals surface area contributed by atoms with E-state index >= 15 is 0 Å². The molecule has 1 fully saturated rings. The van der Waals surface area contributed by atoms with E-state index in [4.69, 9.17) is 10.5 Å². The van der Waals surface area contributed by atoms with Gasteiger partial charge in [-0.1, -0.05) is 13.8 Å². The van der Waals surface area contributed by atoms with Gasteiger partial charge in [0.15, 0.2) is 0 Å². The van der Waals surface area contributed by atoms with E-state index in [1.54, 1.807) is 4.90 Å². The fourth-order valence-electron chi connectivity index (χ4n) is 1.88. The molecule has 1 amide bonds. The molecule has 0 aromatic heterocycles. The molecular weight excluding hydrogens is 242 g/mol. The zero-order chi connectivity index (χ0) is 14.9. The number of rotatable bonds is 2. The minimum atomic E-state index is -0.393. The summed E-state index contributed by atoms with van der Waals surface area (Å²) in [7, 11) is 0. The summed E-state index contributed by atoms with van der Waals surface area (Å²) >= 11 is 0. The number of hydrogen-bond donors (Lipinski definition) is 2. The lowest BCUT2D eigenvalue weighted by atomic mass is 10.1. The Morgan fingerprint density at radius 3 is 2.16 bits per heavy atom. The molecule has 3 N–H and O–H groups in total. The minimum Gasteiger partial charge on any atom is -0.444 e. The maximum absolute atomic E-state index is 11.8. The standard InChI is InChI=1S/C12H24N2O2.C2H7N/c1-5-13-10-6-8-14(9-7-10)11(15)16-12(2,3)4;1-2-3/h10,13H,5-9H2,1-4H3;2-3H2,1H3. The molecule has 0 unspecified atom stereocenters. The van der Waals surface area contributed by atoms with E-state index in [1.165, 1.54) is 0 Å². The first-order valence-electron chi connectivity index (χ1n) is 7.25. The number of carbonyl (C=O) groups is 1. The Hall–Kier alpha value is -0.810. The predicted molar refractivity (Wildman–Crippen MR) is 79.2 cm³/mol. The van der Waals surface area contributed by atoms with Crippen molar-refractivity contribution in [3.63, 3.8) is 0 Å². The summed E-state index contributed by atoms with van der Waals surface area (Å²) in [5, 5.41) is 3.41. The number of carbonyl (C=O) groups excluding carboxylic acids is 1. The van der Waals surface area contributed by atoms with Crippen molar-refractivity contribution >= 4 is 6.09 Å². The molecule has 1 saturated heterocycles. The second-order valence-corrected chi connectivity index (χ2v) is 5.71. The number of piperidine rings is 1. The molecule has 0 aromatic rings. The normalized spacial score (nSPS) is 16.6. The van der Waals surface area contributed by atoms with Crippen LogP contribution in [0.5, 0.6) is 0 Å². The van der Waals surface area contributed by atoms with Crippen LogP contribution in [0.2, 0.25) is 0 Å². The molecule has 0 aliphatic carbocycles. The van der Waals surface area contributed by atoms with Crippen molar-refractivity contribution in [2.24, 2.45) is 5.73 Å². The van der Waals surface area contributed by atoms with Gasteiger partial charge in [0.2, 0.25) is 0 Å². The van der Waals surface area contributed by atoms with Gasteiger partial charge >= 0.3 is 6.09 Å². The zero-order valence-electron chi connectivity index (χ0n) is 13.2. The van der Waals surface area contributed by atoms with Crippen LogP contribution in [-0.2, 0) is 4.74 Å². The quantitative estimate of drug-likeness (QED) is 0.807.